The minimum absolute atomic E-state index is 0.218. The zero-order chi connectivity index (χ0) is 13.1. The first-order chi connectivity index (χ1) is 8.63. The SMILES string of the molecule is CCC1CN(C(C(=O)O)C2CCCCC2)CC1C. The summed E-state index contributed by atoms with van der Waals surface area (Å²) in [7, 11) is 0. The second-order valence-corrected chi connectivity index (χ2v) is 6.28. The Morgan fingerprint density at radius 3 is 2.44 bits per heavy atom. The molecule has 0 spiro atoms. The van der Waals surface area contributed by atoms with Gasteiger partial charge in [-0.2, -0.15) is 0 Å². The van der Waals surface area contributed by atoms with Crippen molar-refractivity contribution in [2.45, 2.75) is 58.4 Å². The Balaban J connectivity index is 2.04. The van der Waals surface area contributed by atoms with Crippen molar-refractivity contribution in [3.05, 3.63) is 0 Å². The van der Waals surface area contributed by atoms with Crippen LogP contribution in [0.25, 0.3) is 0 Å². The largest absolute Gasteiger partial charge is 0.480 e. The van der Waals surface area contributed by atoms with Gasteiger partial charge < -0.3 is 5.11 Å². The molecule has 2 aliphatic rings. The molecule has 104 valence electrons. The van der Waals surface area contributed by atoms with E-state index in [1.54, 1.807) is 0 Å². The maximum atomic E-state index is 11.6. The molecular formula is C15H27NO2. The molecule has 3 heteroatoms. The number of hydrogen-bond donors (Lipinski definition) is 1. The summed E-state index contributed by atoms with van der Waals surface area (Å²) >= 11 is 0. The number of carbonyl (C=O) groups is 1. The number of likely N-dealkylation sites (tertiary alicyclic amines) is 1. The zero-order valence-corrected chi connectivity index (χ0v) is 11.8. The molecular weight excluding hydrogens is 226 g/mol. The van der Waals surface area contributed by atoms with Gasteiger partial charge >= 0.3 is 5.97 Å². The lowest BCUT2D eigenvalue weighted by atomic mass is 9.83. The van der Waals surface area contributed by atoms with Gasteiger partial charge in [0.2, 0.25) is 0 Å². The van der Waals surface area contributed by atoms with E-state index in [1.165, 1.54) is 25.7 Å². The van der Waals surface area contributed by atoms with Crippen molar-refractivity contribution in [3.8, 4) is 0 Å². The Hall–Kier alpha value is -0.570. The van der Waals surface area contributed by atoms with Crippen molar-refractivity contribution >= 4 is 5.97 Å². The average Bonchev–Trinajstić information content (AvgIpc) is 2.71. The van der Waals surface area contributed by atoms with Crippen LogP contribution in [0.2, 0.25) is 0 Å². The average molecular weight is 253 g/mol. The molecule has 3 atom stereocenters. The third-order valence-electron chi connectivity index (χ3n) is 5.06. The van der Waals surface area contributed by atoms with Gasteiger partial charge in [-0.1, -0.05) is 39.5 Å². The summed E-state index contributed by atoms with van der Waals surface area (Å²) in [6.07, 6.45) is 7.12. The summed E-state index contributed by atoms with van der Waals surface area (Å²) in [5.74, 6) is 1.14. The number of carboxylic acid groups (broad SMARTS) is 1. The van der Waals surface area contributed by atoms with Gasteiger partial charge in [-0.3, -0.25) is 9.69 Å². The van der Waals surface area contributed by atoms with Gasteiger partial charge in [0.25, 0.3) is 0 Å². The molecule has 2 fully saturated rings. The predicted molar refractivity (Wildman–Crippen MR) is 72.5 cm³/mol. The van der Waals surface area contributed by atoms with Gasteiger partial charge in [0.05, 0.1) is 0 Å². The minimum atomic E-state index is -0.592. The third kappa shape index (κ3) is 2.87. The van der Waals surface area contributed by atoms with E-state index in [9.17, 15) is 9.90 Å². The summed E-state index contributed by atoms with van der Waals surface area (Å²) in [4.78, 5) is 13.9. The molecule has 0 aromatic carbocycles. The molecule has 1 N–H and O–H groups in total. The van der Waals surface area contributed by atoms with Crippen molar-refractivity contribution in [1.29, 1.82) is 0 Å². The van der Waals surface area contributed by atoms with Crippen molar-refractivity contribution in [2.24, 2.45) is 17.8 Å². The molecule has 1 aliphatic carbocycles. The van der Waals surface area contributed by atoms with Crippen LogP contribution in [0.5, 0.6) is 0 Å². The summed E-state index contributed by atoms with van der Waals surface area (Å²) in [5.41, 5.74) is 0. The van der Waals surface area contributed by atoms with E-state index < -0.39 is 5.97 Å². The number of aliphatic carboxylic acids is 1. The van der Waals surface area contributed by atoms with Crippen molar-refractivity contribution in [1.82, 2.24) is 4.90 Å². The first kappa shape index (κ1) is 13.9. The lowest BCUT2D eigenvalue weighted by Gasteiger charge is -2.33. The fraction of sp³-hybridized carbons (Fsp3) is 0.933. The highest BCUT2D eigenvalue weighted by molar-refractivity contribution is 5.74. The van der Waals surface area contributed by atoms with Crippen molar-refractivity contribution < 1.29 is 9.90 Å². The Bertz CT molecular complexity index is 286. The third-order valence-corrected chi connectivity index (χ3v) is 5.06. The second kappa shape index (κ2) is 6.05. The highest BCUT2D eigenvalue weighted by Gasteiger charge is 2.40. The molecule has 2 rings (SSSR count). The van der Waals surface area contributed by atoms with E-state index in [-0.39, 0.29) is 6.04 Å². The molecule has 18 heavy (non-hydrogen) atoms. The van der Waals surface area contributed by atoms with Gasteiger partial charge in [0.1, 0.15) is 6.04 Å². The molecule has 1 saturated heterocycles. The Morgan fingerprint density at radius 1 is 1.28 bits per heavy atom. The van der Waals surface area contributed by atoms with E-state index in [1.807, 2.05) is 0 Å². The highest BCUT2D eigenvalue weighted by atomic mass is 16.4. The molecule has 0 radical (unpaired) electrons. The van der Waals surface area contributed by atoms with E-state index >= 15 is 0 Å². The van der Waals surface area contributed by atoms with E-state index in [2.05, 4.69) is 18.7 Å². The molecule has 3 nitrogen and oxygen atoms in total. The molecule has 0 amide bonds. The number of rotatable bonds is 4. The van der Waals surface area contributed by atoms with Crippen LogP contribution in [0.3, 0.4) is 0 Å². The lowest BCUT2D eigenvalue weighted by Crippen LogP contribution is -2.46. The number of nitrogens with zero attached hydrogens (tertiary/aromatic N) is 1. The van der Waals surface area contributed by atoms with E-state index in [0.717, 1.165) is 25.9 Å². The van der Waals surface area contributed by atoms with E-state index in [0.29, 0.717) is 17.8 Å². The van der Waals surface area contributed by atoms with Crippen LogP contribution >= 0.6 is 0 Å². The molecule has 0 bridgehead atoms. The van der Waals surface area contributed by atoms with Crippen LogP contribution in [0.1, 0.15) is 52.4 Å². The smallest absolute Gasteiger partial charge is 0.321 e. The summed E-state index contributed by atoms with van der Waals surface area (Å²) in [6, 6.07) is -0.218. The van der Waals surface area contributed by atoms with Gasteiger partial charge in [-0.25, -0.2) is 0 Å². The van der Waals surface area contributed by atoms with Crippen molar-refractivity contribution in [2.75, 3.05) is 13.1 Å². The van der Waals surface area contributed by atoms with Crippen molar-refractivity contribution in [3.63, 3.8) is 0 Å². The highest BCUT2D eigenvalue weighted by Crippen LogP contribution is 2.34. The monoisotopic (exact) mass is 253 g/mol. The Kier molecular flexibility index (Phi) is 4.66. The summed E-state index contributed by atoms with van der Waals surface area (Å²) < 4.78 is 0. The molecule has 1 aliphatic heterocycles. The molecule has 1 heterocycles. The first-order valence-corrected chi connectivity index (χ1v) is 7.60. The number of hydrogen-bond acceptors (Lipinski definition) is 2. The normalized spacial score (nSPS) is 32.6. The zero-order valence-electron chi connectivity index (χ0n) is 11.8. The molecule has 0 aromatic rings. The standard InChI is InChI=1S/C15H27NO2/c1-3-12-10-16(9-11(12)2)14(15(17)18)13-7-5-4-6-8-13/h11-14H,3-10H2,1-2H3,(H,17,18). The molecule has 1 saturated carbocycles. The van der Waals surface area contributed by atoms with Crippen LogP contribution in [-0.2, 0) is 4.79 Å². The quantitative estimate of drug-likeness (QED) is 0.837. The fourth-order valence-corrected chi connectivity index (χ4v) is 3.94. The summed E-state index contributed by atoms with van der Waals surface area (Å²) in [5, 5.41) is 9.59. The van der Waals surface area contributed by atoms with Crippen LogP contribution < -0.4 is 0 Å². The van der Waals surface area contributed by atoms with Crippen LogP contribution in [0.15, 0.2) is 0 Å². The molecule has 0 aromatic heterocycles. The Labute approximate surface area is 111 Å². The summed E-state index contributed by atoms with van der Waals surface area (Å²) in [6.45, 7) is 6.46. The lowest BCUT2D eigenvalue weighted by molar-refractivity contribution is -0.145. The van der Waals surface area contributed by atoms with Crippen LogP contribution in [0.4, 0.5) is 0 Å². The van der Waals surface area contributed by atoms with Gasteiger partial charge in [0.15, 0.2) is 0 Å². The van der Waals surface area contributed by atoms with E-state index in [4.69, 9.17) is 0 Å². The maximum Gasteiger partial charge on any atom is 0.321 e. The van der Waals surface area contributed by atoms with Crippen LogP contribution in [-0.4, -0.2) is 35.1 Å². The minimum Gasteiger partial charge on any atom is -0.480 e. The predicted octanol–water partition coefficient (Wildman–Crippen LogP) is 3.00. The van der Waals surface area contributed by atoms with Gasteiger partial charge in [-0.05, 0) is 30.6 Å². The van der Waals surface area contributed by atoms with Gasteiger partial charge in [0, 0.05) is 13.1 Å². The fourth-order valence-electron chi connectivity index (χ4n) is 3.94. The Morgan fingerprint density at radius 2 is 1.94 bits per heavy atom. The number of carboxylic acids is 1. The topological polar surface area (TPSA) is 40.5 Å². The van der Waals surface area contributed by atoms with Crippen LogP contribution in [0, 0.1) is 17.8 Å². The van der Waals surface area contributed by atoms with Gasteiger partial charge in [-0.15, -0.1) is 0 Å². The molecule has 3 unspecified atom stereocenters. The first-order valence-electron chi connectivity index (χ1n) is 7.60. The maximum absolute atomic E-state index is 11.6. The second-order valence-electron chi connectivity index (χ2n) is 6.28.